The number of rotatable bonds is 11. The van der Waals surface area contributed by atoms with Crippen LogP contribution in [0, 0.1) is 0 Å². The van der Waals surface area contributed by atoms with Gasteiger partial charge in [0, 0.05) is 6.61 Å². The molecule has 1 aliphatic heterocycles. The first kappa shape index (κ1) is 19.6. The molecule has 3 N–H and O–H groups in total. The minimum absolute atomic E-state index is 0.0347. The average Bonchev–Trinajstić information content (AvgIpc) is 2.52. The molecular formula is C17H32O5. The predicted molar refractivity (Wildman–Crippen MR) is 85.7 cm³/mol. The Morgan fingerprint density at radius 2 is 1.73 bits per heavy atom. The van der Waals surface area contributed by atoms with Crippen LogP contribution < -0.4 is 0 Å². The third-order valence-corrected chi connectivity index (χ3v) is 3.94. The summed E-state index contributed by atoms with van der Waals surface area (Å²) in [5.41, 5.74) is 0. The van der Waals surface area contributed by atoms with Gasteiger partial charge in [-0.05, 0) is 25.7 Å². The van der Waals surface area contributed by atoms with Gasteiger partial charge in [0.05, 0.1) is 13.2 Å². The standard InChI is InChI=1S/C17H32O5/c1-2-3-4-5-6-7-8-9-10-11-21-13-15-17(20)16(19)14(18)12-22-15/h7-8,14-20H,2-6,9-13H2,1H3/b8-7+/t14-,15+,16+,17+/m1/s1. The molecule has 1 saturated heterocycles. The van der Waals surface area contributed by atoms with Crippen LogP contribution in [0.1, 0.15) is 51.9 Å². The molecule has 0 spiro atoms. The summed E-state index contributed by atoms with van der Waals surface area (Å²) in [7, 11) is 0. The smallest absolute Gasteiger partial charge is 0.111 e. The third-order valence-electron chi connectivity index (χ3n) is 3.94. The first-order valence-corrected chi connectivity index (χ1v) is 8.55. The van der Waals surface area contributed by atoms with Gasteiger partial charge < -0.3 is 24.8 Å². The minimum Gasteiger partial charge on any atom is -0.388 e. The van der Waals surface area contributed by atoms with Crippen molar-refractivity contribution < 1.29 is 24.8 Å². The SMILES string of the molecule is CCCCCC/C=C/CCCOC[C@@H]1OC[C@@H](O)[C@H](O)[C@H]1O. The lowest BCUT2D eigenvalue weighted by atomic mass is 10.0. The van der Waals surface area contributed by atoms with E-state index in [1.165, 1.54) is 25.7 Å². The summed E-state index contributed by atoms with van der Waals surface area (Å²) in [6.07, 6.45) is 8.86. The molecule has 0 saturated carbocycles. The average molecular weight is 316 g/mol. The van der Waals surface area contributed by atoms with Crippen LogP contribution in [0.15, 0.2) is 12.2 Å². The van der Waals surface area contributed by atoms with Crippen LogP contribution in [0.2, 0.25) is 0 Å². The molecule has 0 aromatic rings. The second-order valence-electron chi connectivity index (χ2n) is 5.96. The van der Waals surface area contributed by atoms with Gasteiger partial charge in [0.2, 0.25) is 0 Å². The van der Waals surface area contributed by atoms with Crippen molar-refractivity contribution in [1.82, 2.24) is 0 Å². The molecule has 130 valence electrons. The molecule has 0 aromatic heterocycles. The van der Waals surface area contributed by atoms with Gasteiger partial charge in [-0.25, -0.2) is 0 Å². The van der Waals surface area contributed by atoms with E-state index in [2.05, 4.69) is 19.1 Å². The topological polar surface area (TPSA) is 79.2 Å². The van der Waals surface area contributed by atoms with Crippen molar-refractivity contribution in [3.63, 3.8) is 0 Å². The quantitative estimate of drug-likeness (QED) is 0.400. The summed E-state index contributed by atoms with van der Waals surface area (Å²) in [6, 6.07) is 0. The van der Waals surface area contributed by atoms with Crippen molar-refractivity contribution in [3.05, 3.63) is 12.2 Å². The maximum absolute atomic E-state index is 9.74. The fourth-order valence-electron chi connectivity index (χ4n) is 2.44. The van der Waals surface area contributed by atoms with Gasteiger partial charge >= 0.3 is 0 Å². The highest BCUT2D eigenvalue weighted by Crippen LogP contribution is 2.15. The molecule has 0 bridgehead atoms. The van der Waals surface area contributed by atoms with E-state index in [1.807, 2.05) is 0 Å². The third kappa shape index (κ3) is 7.70. The van der Waals surface area contributed by atoms with Crippen LogP contribution in [0.4, 0.5) is 0 Å². The second kappa shape index (κ2) is 12.0. The molecule has 1 heterocycles. The fourth-order valence-corrected chi connectivity index (χ4v) is 2.44. The normalized spacial score (nSPS) is 29.3. The molecule has 0 aliphatic carbocycles. The molecule has 1 aliphatic rings. The van der Waals surface area contributed by atoms with Gasteiger partial charge in [-0.2, -0.15) is 0 Å². The number of hydrogen-bond donors (Lipinski definition) is 3. The van der Waals surface area contributed by atoms with Gasteiger partial charge in [-0.15, -0.1) is 0 Å². The van der Waals surface area contributed by atoms with Crippen LogP contribution in [0.25, 0.3) is 0 Å². The van der Waals surface area contributed by atoms with E-state index < -0.39 is 24.4 Å². The molecular weight excluding hydrogens is 284 g/mol. The summed E-state index contributed by atoms with van der Waals surface area (Å²) in [5.74, 6) is 0. The molecule has 1 fully saturated rings. The number of ether oxygens (including phenoxy) is 2. The highest BCUT2D eigenvalue weighted by atomic mass is 16.6. The lowest BCUT2D eigenvalue weighted by molar-refractivity contribution is -0.199. The van der Waals surface area contributed by atoms with E-state index in [-0.39, 0.29) is 13.2 Å². The number of allylic oxidation sites excluding steroid dienone is 2. The Bertz CT molecular complexity index is 295. The van der Waals surface area contributed by atoms with Crippen LogP contribution in [-0.2, 0) is 9.47 Å². The van der Waals surface area contributed by atoms with Crippen molar-refractivity contribution in [2.24, 2.45) is 0 Å². The van der Waals surface area contributed by atoms with E-state index in [0.29, 0.717) is 6.61 Å². The van der Waals surface area contributed by atoms with Crippen molar-refractivity contribution in [2.45, 2.75) is 76.3 Å². The number of aliphatic hydroxyl groups excluding tert-OH is 3. The minimum atomic E-state index is -1.15. The Morgan fingerprint density at radius 3 is 2.45 bits per heavy atom. The summed E-state index contributed by atoms with van der Waals surface area (Å²) in [4.78, 5) is 0. The van der Waals surface area contributed by atoms with E-state index in [1.54, 1.807) is 0 Å². The Morgan fingerprint density at radius 1 is 1.00 bits per heavy atom. The molecule has 4 atom stereocenters. The molecule has 5 heteroatoms. The summed E-state index contributed by atoms with van der Waals surface area (Å²) in [5, 5.41) is 28.6. The van der Waals surface area contributed by atoms with Crippen molar-refractivity contribution in [3.8, 4) is 0 Å². The fraction of sp³-hybridized carbons (Fsp3) is 0.882. The Balaban J connectivity index is 1.96. The van der Waals surface area contributed by atoms with Gasteiger partial charge in [-0.1, -0.05) is 38.3 Å². The number of aliphatic hydroxyl groups is 3. The molecule has 0 aromatic carbocycles. The van der Waals surface area contributed by atoms with Crippen molar-refractivity contribution >= 4 is 0 Å². The highest BCUT2D eigenvalue weighted by Gasteiger charge is 2.37. The van der Waals surface area contributed by atoms with Crippen LogP contribution in [0.5, 0.6) is 0 Å². The van der Waals surface area contributed by atoms with Crippen LogP contribution in [0.3, 0.4) is 0 Å². The second-order valence-corrected chi connectivity index (χ2v) is 5.96. The Labute approximate surface area is 133 Å². The molecule has 5 nitrogen and oxygen atoms in total. The zero-order valence-corrected chi connectivity index (χ0v) is 13.7. The van der Waals surface area contributed by atoms with Gasteiger partial charge in [0.15, 0.2) is 0 Å². The first-order chi connectivity index (χ1) is 10.7. The molecule has 0 unspecified atom stereocenters. The van der Waals surface area contributed by atoms with Gasteiger partial charge in [0.1, 0.15) is 24.4 Å². The predicted octanol–water partition coefficient (Wildman–Crippen LogP) is 1.79. The van der Waals surface area contributed by atoms with E-state index in [9.17, 15) is 15.3 Å². The van der Waals surface area contributed by atoms with Gasteiger partial charge in [-0.3, -0.25) is 0 Å². The Kier molecular flexibility index (Phi) is 10.7. The maximum atomic E-state index is 9.74. The maximum Gasteiger partial charge on any atom is 0.111 e. The summed E-state index contributed by atoms with van der Waals surface area (Å²) >= 11 is 0. The molecule has 1 rings (SSSR count). The van der Waals surface area contributed by atoms with E-state index in [0.717, 1.165) is 19.3 Å². The molecule has 0 radical (unpaired) electrons. The van der Waals surface area contributed by atoms with E-state index in [4.69, 9.17) is 9.47 Å². The lowest BCUT2D eigenvalue weighted by Crippen LogP contribution is -2.54. The molecule has 0 amide bonds. The van der Waals surface area contributed by atoms with Crippen molar-refractivity contribution in [1.29, 1.82) is 0 Å². The summed E-state index contributed by atoms with van der Waals surface area (Å²) < 4.78 is 10.7. The number of hydrogen-bond acceptors (Lipinski definition) is 5. The van der Waals surface area contributed by atoms with E-state index >= 15 is 0 Å². The van der Waals surface area contributed by atoms with Gasteiger partial charge in [0.25, 0.3) is 0 Å². The Hall–Kier alpha value is -0.460. The van der Waals surface area contributed by atoms with Crippen LogP contribution >= 0.6 is 0 Å². The highest BCUT2D eigenvalue weighted by molar-refractivity contribution is 4.86. The molecule has 22 heavy (non-hydrogen) atoms. The number of unbranched alkanes of at least 4 members (excludes halogenated alkanes) is 5. The first-order valence-electron chi connectivity index (χ1n) is 8.55. The van der Waals surface area contributed by atoms with Crippen LogP contribution in [-0.4, -0.2) is 59.6 Å². The zero-order chi connectivity index (χ0) is 16.2. The monoisotopic (exact) mass is 316 g/mol. The lowest BCUT2D eigenvalue weighted by Gasteiger charge is -2.35. The summed E-state index contributed by atoms with van der Waals surface area (Å²) in [6.45, 7) is 3.10. The van der Waals surface area contributed by atoms with Crippen molar-refractivity contribution in [2.75, 3.05) is 19.8 Å². The largest absolute Gasteiger partial charge is 0.388 e. The zero-order valence-electron chi connectivity index (χ0n) is 13.7.